The molecule has 0 N–H and O–H groups in total. The maximum atomic E-state index is 8.06. The molecule has 5 nitrogen and oxygen atoms in total. The molecule has 18 atom stereocenters. The highest BCUT2D eigenvalue weighted by Gasteiger charge is 2.76. The monoisotopic (exact) mass is 924 g/mol. The molecule has 0 bridgehead atoms. The summed E-state index contributed by atoms with van der Waals surface area (Å²) in [4.78, 5) is 10.1. The third-order valence-electron chi connectivity index (χ3n) is 21.9. The van der Waals surface area contributed by atoms with Crippen LogP contribution in [0.15, 0.2) is 24.3 Å². The Balaban J connectivity index is 1.14. The quantitative estimate of drug-likeness (QED) is 0.262. The smallest absolute Gasteiger partial charge is 0.0775 e. The van der Waals surface area contributed by atoms with E-state index in [2.05, 4.69) is 164 Å². The maximum Gasteiger partial charge on any atom is 0.0775 e. The van der Waals surface area contributed by atoms with Gasteiger partial charge in [-0.3, -0.25) is 9.80 Å². The number of anilines is 1. The topological polar surface area (TPSA) is 28.2 Å². The standard InChI is InChI=1S/C60H98N3O2P/c1-55(2,3)33-19-23-37(24-20-33)61-44-31-38(59(13,14)15)50-48-53(44)66-52-42(62(48)40-25-21-34(56(4,5)6)29-46(40)64-50)27-36(58(10,11)12)28-43(52)63-41-26-22-35(57(7,8)9)30-47(41)65-51-39(60(16,17)18)32-45(61)54(66)49(51)63/h19-20,23-24,34-36,38-54H,21-22,25-32H2,1-18H3. The van der Waals surface area contributed by atoms with Crippen LogP contribution in [0, 0.1) is 56.7 Å². The second-order valence-corrected chi connectivity index (χ2v) is 34.1. The molecule has 1 aromatic rings. The van der Waals surface area contributed by atoms with Gasteiger partial charge in [-0.25, -0.2) is 0 Å². The largest absolute Gasteiger partial charge is 0.371 e. The summed E-state index contributed by atoms with van der Waals surface area (Å²) >= 11 is 0. The van der Waals surface area contributed by atoms with Gasteiger partial charge in [0.2, 0.25) is 0 Å². The van der Waals surface area contributed by atoms with Crippen LogP contribution in [0.1, 0.15) is 194 Å². The Morgan fingerprint density at radius 3 is 1.20 bits per heavy atom. The average Bonchev–Trinajstić information content (AvgIpc) is 3.20. The Morgan fingerprint density at radius 2 is 0.833 bits per heavy atom. The molecular weight excluding hydrogens is 826 g/mol. The van der Waals surface area contributed by atoms with Crippen molar-refractivity contribution in [2.24, 2.45) is 56.7 Å². The van der Waals surface area contributed by atoms with E-state index < -0.39 is 0 Å². The van der Waals surface area contributed by atoms with Gasteiger partial charge in [0.1, 0.15) is 0 Å². The molecular formula is C60H98N3O2P. The van der Waals surface area contributed by atoms with Gasteiger partial charge in [-0.05, 0) is 144 Å². The van der Waals surface area contributed by atoms with Crippen molar-refractivity contribution in [1.82, 2.24) is 9.80 Å². The number of benzene rings is 1. The number of fused-ring (bicyclic) bond motifs is 6. The number of morpholine rings is 2. The van der Waals surface area contributed by atoms with Crippen LogP contribution in [-0.2, 0) is 14.9 Å². The first-order chi connectivity index (χ1) is 30.5. The second kappa shape index (κ2) is 15.4. The summed E-state index contributed by atoms with van der Waals surface area (Å²) in [6.45, 7) is 45.8. The van der Waals surface area contributed by atoms with Gasteiger partial charge in [-0.15, -0.1) is 0 Å². The molecule has 18 unspecified atom stereocenters. The Labute approximate surface area is 406 Å². The lowest BCUT2D eigenvalue weighted by Gasteiger charge is -2.80. The van der Waals surface area contributed by atoms with E-state index in [0.717, 1.165) is 23.4 Å². The van der Waals surface area contributed by atoms with Gasteiger partial charge >= 0.3 is 0 Å². The van der Waals surface area contributed by atoms with Crippen molar-refractivity contribution in [3.05, 3.63) is 29.8 Å². The molecule has 6 heteroatoms. The SMILES string of the molecule is CC(C)(C)c1ccc(N2C3CC(C(C)(C)C)C4OC5CC(C(C)(C)C)CCC5N5C6CC(C(C)(C)C)CC7C6P(C3C45)C3C2CC(C(C)(C)C)C2OC4CC(C(C)(C)C)CCC4N7C23)cc1. The maximum absolute atomic E-state index is 8.06. The fourth-order valence-corrected chi connectivity index (χ4v) is 23.5. The normalized spacial score (nSPS) is 47.1. The van der Waals surface area contributed by atoms with Crippen LogP contribution >= 0.6 is 7.92 Å². The number of ether oxygens (including phenoxy) is 2. The van der Waals surface area contributed by atoms with Gasteiger partial charge in [0.15, 0.2) is 0 Å². The first-order valence-electron chi connectivity index (χ1n) is 28.1. The van der Waals surface area contributed by atoms with E-state index in [4.69, 9.17) is 9.47 Å². The zero-order valence-corrected chi connectivity index (χ0v) is 46.4. The van der Waals surface area contributed by atoms with E-state index in [9.17, 15) is 0 Å². The van der Waals surface area contributed by atoms with E-state index in [1.54, 1.807) is 0 Å². The molecule has 11 rings (SSSR count). The highest BCUT2D eigenvalue weighted by molar-refractivity contribution is 7.60. The van der Waals surface area contributed by atoms with Crippen molar-refractivity contribution in [3.63, 3.8) is 0 Å². The third-order valence-corrected chi connectivity index (χ3v) is 25.9. The van der Waals surface area contributed by atoms with E-state index in [0.29, 0.717) is 107 Å². The molecule has 5 heterocycles. The van der Waals surface area contributed by atoms with Crippen molar-refractivity contribution in [2.45, 2.75) is 284 Å². The highest BCUT2D eigenvalue weighted by Crippen LogP contribution is 2.76. The first kappa shape index (κ1) is 47.6. The van der Waals surface area contributed by atoms with E-state index >= 15 is 0 Å². The minimum absolute atomic E-state index is 0.132. The van der Waals surface area contributed by atoms with Crippen LogP contribution < -0.4 is 4.90 Å². The van der Waals surface area contributed by atoms with Crippen molar-refractivity contribution in [3.8, 4) is 0 Å². The number of hydrogen-bond acceptors (Lipinski definition) is 5. The second-order valence-electron chi connectivity index (χ2n) is 31.4. The summed E-state index contributed by atoms with van der Waals surface area (Å²) in [5.41, 5.74) is 6.47. The molecule has 5 saturated heterocycles. The number of nitrogens with zero attached hydrogens (tertiary/aromatic N) is 3. The molecule has 370 valence electrons. The Kier molecular flexibility index (Phi) is 11.1. The Bertz CT molecular complexity index is 1870. The lowest BCUT2D eigenvalue weighted by molar-refractivity contribution is -0.252. The third kappa shape index (κ3) is 7.31. The van der Waals surface area contributed by atoms with Gasteiger partial charge in [-0.2, -0.15) is 0 Å². The van der Waals surface area contributed by atoms with Gasteiger partial charge in [-0.1, -0.05) is 145 Å². The summed E-state index contributed by atoms with van der Waals surface area (Å²) in [5, 5.41) is 0. The molecule has 10 fully saturated rings. The zero-order valence-electron chi connectivity index (χ0n) is 45.5. The zero-order chi connectivity index (χ0) is 47.3. The molecule has 5 aliphatic heterocycles. The van der Waals surface area contributed by atoms with Gasteiger partial charge < -0.3 is 14.4 Å². The van der Waals surface area contributed by atoms with Crippen LogP contribution in [0.2, 0.25) is 0 Å². The van der Waals surface area contributed by atoms with E-state index in [1.165, 1.54) is 75.5 Å². The predicted octanol–water partition coefficient (Wildman–Crippen LogP) is 13.8. The average molecular weight is 924 g/mol. The lowest BCUT2D eigenvalue weighted by Crippen LogP contribution is -2.87. The first-order valence-corrected chi connectivity index (χ1v) is 29.6. The van der Waals surface area contributed by atoms with Crippen molar-refractivity contribution >= 4 is 13.6 Å². The van der Waals surface area contributed by atoms with Gasteiger partial charge in [0, 0.05) is 71.0 Å². The molecule has 5 saturated carbocycles. The summed E-state index contributed by atoms with van der Waals surface area (Å²) in [7, 11) is -0.329. The summed E-state index contributed by atoms with van der Waals surface area (Å²) in [5.74, 6) is 3.22. The van der Waals surface area contributed by atoms with Crippen LogP contribution in [0.3, 0.4) is 0 Å². The van der Waals surface area contributed by atoms with Crippen molar-refractivity contribution in [1.29, 1.82) is 0 Å². The molecule has 66 heavy (non-hydrogen) atoms. The summed E-state index contributed by atoms with van der Waals surface area (Å²) in [6, 6.07) is 14.8. The minimum atomic E-state index is -0.329. The van der Waals surface area contributed by atoms with Crippen LogP contribution in [-0.4, -0.2) is 99.5 Å². The van der Waals surface area contributed by atoms with Crippen LogP contribution in [0.5, 0.6) is 0 Å². The Hall–Kier alpha value is -0.710. The van der Waals surface area contributed by atoms with Crippen LogP contribution in [0.4, 0.5) is 5.69 Å². The molecule has 10 aliphatic rings. The van der Waals surface area contributed by atoms with Crippen molar-refractivity contribution in [2.75, 3.05) is 4.90 Å². The lowest BCUT2D eigenvalue weighted by atomic mass is 9.60. The van der Waals surface area contributed by atoms with Crippen LogP contribution in [0.25, 0.3) is 0 Å². The molecule has 0 radical (unpaired) electrons. The number of hydrogen-bond donors (Lipinski definition) is 0. The fourth-order valence-electron chi connectivity index (χ4n) is 18.3. The predicted molar refractivity (Wildman–Crippen MR) is 278 cm³/mol. The Morgan fingerprint density at radius 1 is 0.424 bits per heavy atom. The minimum Gasteiger partial charge on any atom is -0.371 e. The van der Waals surface area contributed by atoms with E-state index in [1.807, 2.05) is 0 Å². The highest BCUT2D eigenvalue weighted by atomic mass is 31.1. The summed E-state index contributed by atoms with van der Waals surface area (Å²) < 4.78 is 16.1. The van der Waals surface area contributed by atoms with Crippen molar-refractivity contribution < 1.29 is 9.47 Å². The van der Waals surface area contributed by atoms with E-state index in [-0.39, 0.29) is 29.6 Å². The van der Waals surface area contributed by atoms with Gasteiger partial charge in [0.05, 0.1) is 24.4 Å². The molecule has 5 aliphatic carbocycles. The molecule has 0 aromatic heterocycles. The molecule has 0 amide bonds. The molecule has 1 aromatic carbocycles. The molecule has 0 spiro atoms. The summed E-state index contributed by atoms with van der Waals surface area (Å²) in [6.07, 6.45) is 14.5. The fraction of sp³-hybridized carbons (Fsp3) is 0.900. The number of rotatable bonds is 1. The van der Waals surface area contributed by atoms with Gasteiger partial charge in [0.25, 0.3) is 0 Å².